The summed E-state index contributed by atoms with van der Waals surface area (Å²) in [7, 11) is 0. The maximum atomic E-state index is 12.3. The summed E-state index contributed by atoms with van der Waals surface area (Å²) in [5, 5.41) is 17.3. The number of benzene rings is 1. The Morgan fingerprint density at radius 1 is 1.32 bits per heavy atom. The molecule has 2 atom stereocenters. The number of halogens is 2. The van der Waals surface area contributed by atoms with Gasteiger partial charge in [-0.1, -0.05) is 11.6 Å². The third kappa shape index (κ3) is 3.51. The minimum Gasteiger partial charge on any atom is -0.349 e. The molecule has 2 aliphatic heterocycles. The molecule has 1 aromatic rings. The molecule has 3 rings (SSSR count). The van der Waals surface area contributed by atoms with Crippen molar-refractivity contribution in [2.24, 2.45) is 0 Å². The molecule has 1 amide bonds. The van der Waals surface area contributed by atoms with E-state index in [1.54, 1.807) is 0 Å². The third-order valence-electron chi connectivity index (χ3n) is 4.22. The summed E-state index contributed by atoms with van der Waals surface area (Å²) in [6.45, 7) is 0. The van der Waals surface area contributed by atoms with Crippen LogP contribution >= 0.6 is 24.0 Å². The molecule has 2 N–H and O–H groups in total. The van der Waals surface area contributed by atoms with E-state index in [1.807, 2.05) is 0 Å². The smallest absolute Gasteiger partial charge is 0.270 e. The normalized spacial score (nSPS) is 26.1. The molecular formula is C14H17Cl2N3O3. The van der Waals surface area contributed by atoms with Crippen LogP contribution in [0.25, 0.3) is 0 Å². The zero-order valence-corrected chi connectivity index (χ0v) is 13.3. The summed E-state index contributed by atoms with van der Waals surface area (Å²) < 4.78 is 0. The van der Waals surface area contributed by atoms with Crippen LogP contribution in [-0.4, -0.2) is 29.0 Å². The van der Waals surface area contributed by atoms with E-state index in [-0.39, 0.29) is 40.6 Å². The second kappa shape index (κ2) is 6.81. The first-order chi connectivity index (χ1) is 10.0. The van der Waals surface area contributed by atoms with Gasteiger partial charge in [0, 0.05) is 30.3 Å². The molecule has 0 radical (unpaired) electrons. The summed E-state index contributed by atoms with van der Waals surface area (Å²) in [5.74, 6) is -0.263. The van der Waals surface area contributed by atoms with Crippen molar-refractivity contribution in [2.45, 2.75) is 43.8 Å². The van der Waals surface area contributed by atoms with Crippen molar-refractivity contribution in [3.05, 3.63) is 38.9 Å². The standard InChI is InChI=1S/C14H16ClN3O3.ClH/c15-13-7-11(18(20)21)3-4-12(13)14(19)17-10-5-8-1-2-9(6-10)16-8;/h3-4,7-10,16H,1-2,5-6H2,(H,17,19);1H. The van der Waals surface area contributed by atoms with Gasteiger partial charge in [0.15, 0.2) is 0 Å². The predicted octanol–water partition coefficient (Wildman–Crippen LogP) is 2.68. The first kappa shape index (κ1) is 17.0. The summed E-state index contributed by atoms with van der Waals surface area (Å²) in [5.41, 5.74) is 0.171. The number of hydrogen-bond donors (Lipinski definition) is 2. The van der Waals surface area contributed by atoms with Gasteiger partial charge in [-0.25, -0.2) is 0 Å². The number of nitro groups is 1. The number of hydrogen-bond acceptors (Lipinski definition) is 4. The Kier molecular flexibility index (Phi) is 5.26. The van der Waals surface area contributed by atoms with Gasteiger partial charge in [0.1, 0.15) is 0 Å². The number of rotatable bonds is 3. The highest BCUT2D eigenvalue weighted by atomic mass is 35.5. The zero-order chi connectivity index (χ0) is 15.0. The maximum Gasteiger partial charge on any atom is 0.270 e. The average molecular weight is 346 g/mol. The highest BCUT2D eigenvalue weighted by Gasteiger charge is 2.34. The number of piperidine rings is 1. The molecule has 0 saturated carbocycles. The SMILES string of the molecule is Cl.O=C(NC1CC2CCC(C1)N2)c1ccc([N+](=O)[O-])cc1Cl. The van der Waals surface area contributed by atoms with Crippen molar-refractivity contribution in [1.29, 1.82) is 0 Å². The van der Waals surface area contributed by atoms with Crippen LogP contribution in [0, 0.1) is 10.1 Å². The summed E-state index contributed by atoms with van der Waals surface area (Å²) in [6.07, 6.45) is 4.17. The Morgan fingerprint density at radius 2 is 1.95 bits per heavy atom. The van der Waals surface area contributed by atoms with Crippen molar-refractivity contribution < 1.29 is 9.72 Å². The average Bonchev–Trinajstić information content (AvgIpc) is 2.77. The molecule has 1 aromatic carbocycles. The van der Waals surface area contributed by atoms with Crippen molar-refractivity contribution in [3.63, 3.8) is 0 Å². The molecule has 0 spiro atoms. The topological polar surface area (TPSA) is 84.3 Å². The molecule has 2 saturated heterocycles. The highest BCUT2D eigenvalue weighted by molar-refractivity contribution is 6.34. The van der Waals surface area contributed by atoms with Crippen LogP contribution in [0.4, 0.5) is 5.69 Å². The van der Waals surface area contributed by atoms with Crippen LogP contribution < -0.4 is 10.6 Å². The van der Waals surface area contributed by atoms with E-state index < -0.39 is 4.92 Å². The minimum absolute atomic E-state index is 0. The number of carbonyl (C=O) groups is 1. The van der Waals surface area contributed by atoms with Crippen LogP contribution in [0.2, 0.25) is 5.02 Å². The molecule has 22 heavy (non-hydrogen) atoms. The van der Waals surface area contributed by atoms with Crippen molar-refractivity contribution in [1.82, 2.24) is 10.6 Å². The number of carbonyl (C=O) groups excluding carboxylic acids is 1. The Bertz CT molecular complexity index is 585. The Balaban J connectivity index is 0.00000176. The van der Waals surface area contributed by atoms with Gasteiger partial charge in [0.2, 0.25) is 0 Å². The van der Waals surface area contributed by atoms with E-state index in [0.29, 0.717) is 12.1 Å². The lowest BCUT2D eigenvalue weighted by Gasteiger charge is -2.29. The van der Waals surface area contributed by atoms with Crippen LogP contribution in [0.5, 0.6) is 0 Å². The number of non-ortho nitro benzene ring substituents is 1. The highest BCUT2D eigenvalue weighted by Crippen LogP contribution is 2.28. The van der Waals surface area contributed by atoms with Gasteiger partial charge in [0.05, 0.1) is 15.5 Å². The summed E-state index contributed by atoms with van der Waals surface area (Å²) in [6, 6.07) is 5.03. The molecule has 8 heteroatoms. The van der Waals surface area contributed by atoms with Crippen LogP contribution in [-0.2, 0) is 0 Å². The lowest BCUT2D eigenvalue weighted by atomic mass is 9.99. The van der Waals surface area contributed by atoms with E-state index in [9.17, 15) is 14.9 Å². The Hall–Kier alpha value is -1.37. The quantitative estimate of drug-likeness (QED) is 0.651. The van der Waals surface area contributed by atoms with Gasteiger partial charge < -0.3 is 10.6 Å². The molecule has 6 nitrogen and oxygen atoms in total. The molecular weight excluding hydrogens is 329 g/mol. The molecule has 120 valence electrons. The number of nitrogens with one attached hydrogen (secondary N) is 2. The first-order valence-electron chi connectivity index (χ1n) is 7.04. The van der Waals surface area contributed by atoms with Crippen LogP contribution in [0.3, 0.4) is 0 Å². The van der Waals surface area contributed by atoms with Crippen LogP contribution in [0.1, 0.15) is 36.0 Å². The van der Waals surface area contributed by atoms with Crippen LogP contribution in [0.15, 0.2) is 18.2 Å². The fourth-order valence-electron chi connectivity index (χ4n) is 3.24. The van der Waals surface area contributed by atoms with Gasteiger partial charge in [-0.15, -0.1) is 12.4 Å². The fourth-order valence-corrected chi connectivity index (χ4v) is 3.50. The van der Waals surface area contributed by atoms with E-state index >= 15 is 0 Å². The summed E-state index contributed by atoms with van der Waals surface area (Å²) in [4.78, 5) is 22.4. The molecule has 2 bridgehead atoms. The first-order valence-corrected chi connectivity index (χ1v) is 7.41. The predicted molar refractivity (Wildman–Crippen MR) is 85.8 cm³/mol. The molecule has 0 aromatic heterocycles. The Labute approximate surface area is 139 Å². The van der Waals surface area contributed by atoms with E-state index in [4.69, 9.17) is 11.6 Å². The lowest BCUT2D eigenvalue weighted by molar-refractivity contribution is -0.384. The molecule has 0 aliphatic carbocycles. The number of amides is 1. The second-order valence-electron chi connectivity index (χ2n) is 5.70. The largest absolute Gasteiger partial charge is 0.349 e. The van der Waals surface area contributed by atoms with E-state index in [0.717, 1.165) is 25.7 Å². The molecule has 2 heterocycles. The summed E-state index contributed by atoms with van der Waals surface area (Å²) >= 11 is 5.98. The van der Waals surface area contributed by atoms with E-state index in [1.165, 1.54) is 18.2 Å². The van der Waals surface area contributed by atoms with Crippen molar-refractivity contribution in [3.8, 4) is 0 Å². The van der Waals surface area contributed by atoms with Gasteiger partial charge in [-0.3, -0.25) is 14.9 Å². The van der Waals surface area contributed by atoms with Crippen molar-refractivity contribution >= 4 is 35.6 Å². The fraction of sp³-hybridized carbons (Fsp3) is 0.500. The zero-order valence-electron chi connectivity index (χ0n) is 11.8. The van der Waals surface area contributed by atoms with Crippen molar-refractivity contribution in [2.75, 3.05) is 0 Å². The minimum atomic E-state index is -0.530. The number of nitro benzene ring substituents is 1. The number of nitrogens with zero attached hydrogens (tertiary/aromatic N) is 1. The molecule has 2 unspecified atom stereocenters. The third-order valence-corrected chi connectivity index (χ3v) is 4.53. The van der Waals surface area contributed by atoms with E-state index in [2.05, 4.69) is 10.6 Å². The van der Waals surface area contributed by atoms with Gasteiger partial charge in [-0.2, -0.15) is 0 Å². The van der Waals surface area contributed by atoms with Gasteiger partial charge >= 0.3 is 0 Å². The molecule has 2 aliphatic rings. The van der Waals surface area contributed by atoms with Gasteiger partial charge in [0.25, 0.3) is 11.6 Å². The maximum absolute atomic E-state index is 12.3. The second-order valence-corrected chi connectivity index (χ2v) is 6.11. The lowest BCUT2D eigenvalue weighted by Crippen LogP contribution is -2.48. The monoisotopic (exact) mass is 345 g/mol. The number of fused-ring (bicyclic) bond motifs is 2. The Morgan fingerprint density at radius 3 is 2.50 bits per heavy atom. The molecule has 2 fully saturated rings. The van der Waals surface area contributed by atoms with Gasteiger partial charge in [-0.05, 0) is 31.7 Å².